The molecule has 2 amide bonds. The number of hydrogen-bond donors (Lipinski definition) is 3. The number of urea groups is 1. The molecule has 2 heterocycles. The van der Waals surface area contributed by atoms with Crippen LogP contribution in [0.2, 0.25) is 0 Å². The number of halogens is 3. The molecule has 2 rings (SSSR count). The van der Waals surface area contributed by atoms with Crippen molar-refractivity contribution in [3.8, 4) is 0 Å². The predicted molar refractivity (Wildman–Crippen MR) is 77.1 cm³/mol. The molecule has 1 saturated heterocycles. The summed E-state index contributed by atoms with van der Waals surface area (Å²) in [7, 11) is 0. The summed E-state index contributed by atoms with van der Waals surface area (Å²) in [6, 6.07) is -0.0486. The van der Waals surface area contributed by atoms with Gasteiger partial charge in [0.15, 0.2) is 0 Å². The number of aliphatic hydroxyl groups excluding tert-OH is 1. The lowest BCUT2D eigenvalue weighted by molar-refractivity contribution is -0.137. The molecule has 23 heavy (non-hydrogen) atoms. The number of anilines is 1. The fraction of sp³-hybridized carbons (Fsp3) is 0.571. The number of aromatic amines is 1. The van der Waals surface area contributed by atoms with Crippen molar-refractivity contribution >= 4 is 11.7 Å². The van der Waals surface area contributed by atoms with Gasteiger partial charge in [-0.25, -0.2) is 4.79 Å². The molecule has 128 valence electrons. The van der Waals surface area contributed by atoms with Crippen LogP contribution in [0.15, 0.2) is 17.1 Å². The van der Waals surface area contributed by atoms with Crippen molar-refractivity contribution in [2.45, 2.75) is 32.0 Å². The lowest BCUT2D eigenvalue weighted by Gasteiger charge is -2.34. The van der Waals surface area contributed by atoms with Crippen LogP contribution in [0.4, 0.5) is 23.7 Å². The summed E-state index contributed by atoms with van der Waals surface area (Å²) in [6.45, 7) is 2.34. The van der Waals surface area contributed by atoms with Gasteiger partial charge < -0.3 is 20.3 Å². The number of piperidine rings is 1. The standard InChI is InChI=1S/C14H18F3N3O3/c1-8(21)9-3-2-4-20(7-9)13(23)19-11-5-10(14(15,16)17)6-18-12(11)22/h5-6,8-9,21H,2-4,7H2,1H3,(H,18,22)(H,19,23). The van der Waals surface area contributed by atoms with Gasteiger partial charge >= 0.3 is 12.2 Å². The topological polar surface area (TPSA) is 85.4 Å². The maximum atomic E-state index is 12.7. The van der Waals surface area contributed by atoms with E-state index in [0.717, 1.165) is 6.42 Å². The van der Waals surface area contributed by atoms with Crippen molar-refractivity contribution in [3.05, 3.63) is 28.2 Å². The van der Waals surface area contributed by atoms with Crippen molar-refractivity contribution < 1.29 is 23.1 Å². The van der Waals surface area contributed by atoms with Crippen LogP contribution in [0, 0.1) is 5.92 Å². The Morgan fingerprint density at radius 1 is 1.52 bits per heavy atom. The maximum absolute atomic E-state index is 12.7. The van der Waals surface area contributed by atoms with Gasteiger partial charge in [0, 0.05) is 25.2 Å². The van der Waals surface area contributed by atoms with Crippen LogP contribution in [0.3, 0.4) is 0 Å². The molecular weight excluding hydrogens is 315 g/mol. The van der Waals surface area contributed by atoms with Crippen LogP contribution in [0.1, 0.15) is 25.3 Å². The van der Waals surface area contributed by atoms with Crippen molar-refractivity contribution in [3.63, 3.8) is 0 Å². The molecule has 3 N–H and O–H groups in total. The van der Waals surface area contributed by atoms with Crippen molar-refractivity contribution in [2.75, 3.05) is 18.4 Å². The van der Waals surface area contributed by atoms with E-state index < -0.39 is 35.1 Å². The third kappa shape index (κ3) is 4.25. The number of aliphatic hydroxyl groups is 1. The molecular formula is C14H18F3N3O3. The Bertz CT molecular complexity index is 628. The SMILES string of the molecule is CC(O)C1CCCN(C(=O)Nc2cc(C(F)(F)F)c[nH]c2=O)C1. The normalized spacial score (nSPS) is 20.2. The zero-order valence-corrected chi connectivity index (χ0v) is 12.5. The first-order chi connectivity index (χ1) is 10.7. The van der Waals surface area contributed by atoms with Crippen LogP contribution in [-0.2, 0) is 6.18 Å². The smallest absolute Gasteiger partial charge is 0.393 e. The molecule has 0 aromatic carbocycles. The van der Waals surface area contributed by atoms with Crippen molar-refractivity contribution in [1.29, 1.82) is 0 Å². The summed E-state index contributed by atoms with van der Waals surface area (Å²) >= 11 is 0. The fourth-order valence-corrected chi connectivity index (χ4v) is 2.52. The predicted octanol–water partition coefficient (Wildman–Crippen LogP) is 2.02. The summed E-state index contributed by atoms with van der Waals surface area (Å²) in [5.74, 6) is -0.0886. The van der Waals surface area contributed by atoms with E-state index in [2.05, 4.69) is 5.32 Å². The molecule has 1 aliphatic rings. The second-order valence-electron chi connectivity index (χ2n) is 5.65. The van der Waals surface area contributed by atoms with Crippen LogP contribution < -0.4 is 10.9 Å². The van der Waals surface area contributed by atoms with Gasteiger partial charge in [0.1, 0.15) is 5.69 Å². The number of H-pyrrole nitrogens is 1. The third-order valence-electron chi connectivity index (χ3n) is 3.90. The van der Waals surface area contributed by atoms with Crippen molar-refractivity contribution in [1.82, 2.24) is 9.88 Å². The first-order valence-electron chi connectivity index (χ1n) is 7.22. The minimum absolute atomic E-state index is 0.0886. The van der Waals surface area contributed by atoms with Gasteiger partial charge in [-0.15, -0.1) is 0 Å². The van der Waals surface area contributed by atoms with E-state index in [0.29, 0.717) is 31.8 Å². The van der Waals surface area contributed by atoms with Crippen LogP contribution in [-0.4, -0.2) is 40.2 Å². The number of nitrogens with zero attached hydrogens (tertiary/aromatic N) is 1. The quantitative estimate of drug-likeness (QED) is 0.774. The van der Waals surface area contributed by atoms with E-state index in [1.165, 1.54) is 4.90 Å². The van der Waals surface area contributed by atoms with Crippen molar-refractivity contribution in [2.24, 2.45) is 5.92 Å². The molecule has 9 heteroatoms. The number of amides is 2. The monoisotopic (exact) mass is 333 g/mol. The molecule has 0 aliphatic carbocycles. The molecule has 1 fully saturated rings. The number of carbonyl (C=O) groups is 1. The number of nitrogens with one attached hydrogen (secondary N) is 2. The molecule has 0 saturated carbocycles. The van der Waals surface area contributed by atoms with Gasteiger partial charge in [-0.2, -0.15) is 13.2 Å². The second kappa shape index (κ2) is 6.61. The number of rotatable bonds is 2. The first-order valence-corrected chi connectivity index (χ1v) is 7.22. The van der Waals surface area contributed by atoms with Crippen LogP contribution >= 0.6 is 0 Å². The van der Waals surface area contributed by atoms with Gasteiger partial charge in [0.25, 0.3) is 5.56 Å². The van der Waals surface area contributed by atoms with E-state index in [4.69, 9.17) is 0 Å². The number of hydrogen-bond acceptors (Lipinski definition) is 3. The number of pyridine rings is 1. The van der Waals surface area contributed by atoms with E-state index in [9.17, 15) is 27.9 Å². The van der Waals surface area contributed by atoms with Crippen LogP contribution in [0.25, 0.3) is 0 Å². The lowest BCUT2D eigenvalue weighted by Crippen LogP contribution is -2.45. The van der Waals surface area contributed by atoms with Crippen LogP contribution in [0.5, 0.6) is 0 Å². The number of aromatic nitrogens is 1. The highest BCUT2D eigenvalue weighted by atomic mass is 19.4. The molecule has 0 spiro atoms. The minimum Gasteiger partial charge on any atom is -0.393 e. The average molecular weight is 333 g/mol. The molecule has 1 aliphatic heterocycles. The molecule has 0 bridgehead atoms. The Morgan fingerprint density at radius 3 is 2.83 bits per heavy atom. The van der Waals surface area contributed by atoms with Gasteiger partial charge in [0.05, 0.1) is 11.7 Å². The van der Waals surface area contributed by atoms with E-state index in [1.807, 2.05) is 4.98 Å². The molecule has 2 atom stereocenters. The summed E-state index contributed by atoms with van der Waals surface area (Å²) in [5.41, 5.74) is -2.31. The number of carbonyl (C=O) groups excluding carboxylic acids is 1. The average Bonchev–Trinajstić information content (AvgIpc) is 2.48. The highest BCUT2D eigenvalue weighted by Gasteiger charge is 2.32. The zero-order valence-electron chi connectivity index (χ0n) is 12.5. The van der Waals surface area contributed by atoms with Gasteiger partial charge in [-0.1, -0.05) is 0 Å². The summed E-state index contributed by atoms with van der Waals surface area (Å²) in [4.78, 5) is 27.1. The Hall–Kier alpha value is -2.03. The van der Waals surface area contributed by atoms with Gasteiger partial charge in [-0.3, -0.25) is 4.79 Å². The lowest BCUT2D eigenvalue weighted by atomic mass is 9.94. The van der Waals surface area contributed by atoms with E-state index in [1.54, 1.807) is 6.92 Å². The molecule has 1 aromatic heterocycles. The van der Waals surface area contributed by atoms with Gasteiger partial charge in [-0.05, 0) is 25.8 Å². The summed E-state index contributed by atoms with van der Waals surface area (Å²) in [5, 5.41) is 11.8. The highest BCUT2D eigenvalue weighted by molar-refractivity contribution is 5.89. The Kier molecular flexibility index (Phi) is 4.98. The first kappa shape index (κ1) is 17.3. The Labute approximate surface area is 130 Å². The van der Waals surface area contributed by atoms with E-state index in [-0.39, 0.29) is 5.92 Å². The summed E-state index contributed by atoms with van der Waals surface area (Å²) in [6.07, 6.45) is -3.19. The van der Waals surface area contributed by atoms with Gasteiger partial charge in [0.2, 0.25) is 0 Å². The molecule has 2 unspecified atom stereocenters. The Balaban J connectivity index is 2.12. The molecule has 0 radical (unpaired) electrons. The molecule has 6 nitrogen and oxygen atoms in total. The Morgan fingerprint density at radius 2 is 2.22 bits per heavy atom. The highest BCUT2D eigenvalue weighted by Crippen LogP contribution is 2.29. The fourth-order valence-electron chi connectivity index (χ4n) is 2.52. The third-order valence-corrected chi connectivity index (χ3v) is 3.90. The minimum atomic E-state index is -4.62. The molecule has 1 aromatic rings. The maximum Gasteiger partial charge on any atom is 0.417 e. The largest absolute Gasteiger partial charge is 0.417 e. The number of likely N-dealkylation sites (tertiary alicyclic amines) is 1. The van der Waals surface area contributed by atoms with E-state index >= 15 is 0 Å². The number of alkyl halides is 3. The zero-order chi connectivity index (χ0) is 17.2. The second-order valence-corrected chi connectivity index (χ2v) is 5.65. The summed E-state index contributed by atoms with van der Waals surface area (Å²) < 4.78 is 38.0.